The summed E-state index contributed by atoms with van der Waals surface area (Å²) in [5.74, 6) is -0.549. The fraction of sp³-hybridized carbons (Fsp3) is 0.885. The van der Waals surface area contributed by atoms with Crippen molar-refractivity contribution in [1.29, 1.82) is 5.26 Å². The molecule has 0 spiro atoms. The number of nitriles is 1. The number of nitrogens with zero attached hydrogens (tertiary/aromatic N) is 3. The van der Waals surface area contributed by atoms with Gasteiger partial charge in [0.25, 0.3) is 0 Å². The summed E-state index contributed by atoms with van der Waals surface area (Å²) in [6.45, 7) is 10.2. The molecule has 4 aliphatic rings. The van der Waals surface area contributed by atoms with E-state index in [0.717, 1.165) is 77.8 Å². The summed E-state index contributed by atoms with van der Waals surface area (Å²) >= 11 is 0. The molecule has 7 N–H and O–H groups in total. The first-order valence-corrected chi connectivity index (χ1v) is 13.8. The van der Waals surface area contributed by atoms with E-state index in [2.05, 4.69) is 40.8 Å². The smallest absolute Gasteiger partial charge is 0.228 e. The highest BCUT2D eigenvalue weighted by molar-refractivity contribution is 5.81. The zero-order chi connectivity index (χ0) is 25.1. The lowest BCUT2D eigenvalue weighted by molar-refractivity contribution is -0.128. The molecular formula is C26H46N8O. The maximum Gasteiger partial charge on any atom is 0.228 e. The molecule has 3 aliphatic heterocycles. The Morgan fingerprint density at radius 1 is 1.20 bits per heavy atom. The molecule has 0 aromatic rings. The van der Waals surface area contributed by atoms with E-state index in [4.69, 9.17) is 16.5 Å². The number of piperidine rings is 1. The Labute approximate surface area is 210 Å². The first-order valence-electron chi connectivity index (χ1n) is 13.8. The molecule has 1 saturated carbocycles. The Bertz CT molecular complexity index is 806. The molecule has 0 radical (unpaired) electrons. The lowest BCUT2D eigenvalue weighted by Crippen LogP contribution is -2.64. The fourth-order valence-electron chi connectivity index (χ4n) is 7.50. The molecule has 2 saturated heterocycles. The number of fused-ring (bicyclic) bond motifs is 1. The number of aliphatic imine (C=N–C) groups is 1. The number of hydrogen-bond acceptors (Lipinski definition) is 8. The van der Waals surface area contributed by atoms with Crippen molar-refractivity contribution in [2.24, 2.45) is 39.1 Å². The molecule has 3 fully saturated rings. The van der Waals surface area contributed by atoms with Crippen molar-refractivity contribution in [3.63, 3.8) is 0 Å². The van der Waals surface area contributed by atoms with E-state index >= 15 is 0 Å². The molecule has 0 aromatic heterocycles. The maximum absolute atomic E-state index is 13.8. The number of amides is 1. The summed E-state index contributed by atoms with van der Waals surface area (Å²) in [6, 6.07) is 2.41. The van der Waals surface area contributed by atoms with Crippen LogP contribution < -0.4 is 27.4 Å². The van der Waals surface area contributed by atoms with Gasteiger partial charge in [-0.15, -0.1) is 0 Å². The molecule has 7 atom stereocenters. The van der Waals surface area contributed by atoms with E-state index in [1.54, 1.807) is 0 Å². The third kappa shape index (κ3) is 5.42. The van der Waals surface area contributed by atoms with Crippen LogP contribution in [-0.4, -0.2) is 80.6 Å². The Kier molecular flexibility index (Phi) is 8.49. The molecule has 196 valence electrons. The lowest BCUT2D eigenvalue weighted by Gasteiger charge is -2.43. The molecule has 7 unspecified atom stereocenters. The topological polar surface area (TPSA) is 145 Å². The molecule has 1 aliphatic carbocycles. The fourth-order valence-corrected chi connectivity index (χ4v) is 7.50. The van der Waals surface area contributed by atoms with Gasteiger partial charge < -0.3 is 27.4 Å². The van der Waals surface area contributed by atoms with Crippen LogP contribution in [0.1, 0.15) is 58.8 Å². The average Bonchev–Trinajstić information content (AvgIpc) is 3.47. The number of nitrogens with one attached hydrogen (secondary N) is 3. The molecule has 9 heteroatoms. The van der Waals surface area contributed by atoms with Crippen LogP contribution in [0.25, 0.3) is 0 Å². The number of hydrogen-bond donors (Lipinski definition) is 5. The predicted molar refractivity (Wildman–Crippen MR) is 139 cm³/mol. The van der Waals surface area contributed by atoms with Crippen LogP contribution in [0.2, 0.25) is 0 Å². The number of piperazine rings is 1. The van der Waals surface area contributed by atoms with E-state index in [0.29, 0.717) is 12.5 Å². The zero-order valence-electron chi connectivity index (χ0n) is 21.6. The minimum atomic E-state index is -0.788. The Balaban J connectivity index is 1.54. The Morgan fingerprint density at radius 2 is 1.91 bits per heavy atom. The molecular weight excluding hydrogens is 440 g/mol. The van der Waals surface area contributed by atoms with Crippen molar-refractivity contribution < 1.29 is 4.79 Å². The highest BCUT2D eigenvalue weighted by atomic mass is 16.2. The van der Waals surface area contributed by atoms with Crippen molar-refractivity contribution >= 4 is 12.1 Å². The van der Waals surface area contributed by atoms with Gasteiger partial charge in [0, 0.05) is 57.3 Å². The van der Waals surface area contributed by atoms with E-state index in [1.807, 2.05) is 6.21 Å². The Morgan fingerprint density at radius 3 is 2.57 bits per heavy atom. The van der Waals surface area contributed by atoms with Crippen molar-refractivity contribution in [3.05, 3.63) is 0 Å². The van der Waals surface area contributed by atoms with Gasteiger partial charge in [-0.2, -0.15) is 5.26 Å². The largest absolute Gasteiger partial charge is 0.350 e. The van der Waals surface area contributed by atoms with Crippen LogP contribution in [0.3, 0.4) is 0 Å². The number of rotatable bonds is 8. The van der Waals surface area contributed by atoms with Crippen molar-refractivity contribution in [1.82, 2.24) is 20.9 Å². The third-order valence-corrected chi connectivity index (χ3v) is 9.65. The van der Waals surface area contributed by atoms with Crippen LogP contribution in [0.5, 0.6) is 0 Å². The van der Waals surface area contributed by atoms with Crippen molar-refractivity contribution in [3.8, 4) is 6.07 Å². The second-order valence-electron chi connectivity index (χ2n) is 11.4. The molecule has 3 heterocycles. The van der Waals surface area contributed by atoms with Gasteiger partial charge in [-0.05, 0) is 55.9 Å². The van der Waals surface area contributed by atoms with Gasteiger partial charge in [0.1, 0.15) is 0 Å². The second kappa shape index (κ2) is 11.2. The van der Waals surface area contributed by atoms with Gasteiger partial charge in [-0.3, -0.25) is 14.7 Å². The quantitative estimate of drug-likeness (QED) is 0.315. The van der Waals surface area contributed by atoms with Crippen LogP contribution >= 0.6 is 0 Å². The summed E-state index contributed by atoms with van der Waals surface area (Å²) in [4.78, 5) is 21.2. The summed E-state index contributed by atoms with van der Waals surface area (Å²) in [5.41, 5.74) is 13.0. The van der Waals surface area contributed by atoms with E-state index in [9.17, 15) is 10.1 Å². The maximum atomic E-state index is 13.8. The molecule has 4 rings (SSSR count). The minimum absolute atomic E-state index is 0.0234. The highest BCUT2D eigenvalue weighted by Gasteiger charge is 2.65. The van der Waals surface area contributed by atoms with Gasteiger partial charge in [0.2, 0.25) is 5.91 Å². The van der Waals surface area contributed by atoms with Crippen LogP contribution in [0.4, 0.5) is 0 Å². The molecule has 0 aromatic carbocycles. The van der Waals surface area contributed by atoms with Crippen molar-refractivity contribution in [2.75, 3.05) is 39.3 Å². The van der Waals surface area contributed by atoms with E-state index < -0.39 is 12.1 Å². The summed E-state index contributed by atoms with van der Waals surface area (Å²) in [6.07, 6.45) is 7.75. The van der Waals surface area contributed by atoms with Crippen LogP contribution in [0, 0.1) is 34.0 Å². The first-order chi connectivity index (χ1) is 16.9. The number of carbonyl (C=O) groups excluding carboxylic acids is 1. The SMILES string of the molecule is CCC12CC(CC#N)C=NC(C(C(=O)NC3CNCCC3N3CCNCC3)C(N)N)CC1(CC)C2. The zero-order valence-corrected chi connectivity index (χ0v) is 21.6. The van der Waals surface area contributed by atoms with E-state index in [-0.39, 0.29) is 34.7 Å². The van der Waals surface area contributed by atoms with Crippen molar-refractivity contribution in [2.45, 2.75) is 83.1 Å². The monoisotopic (exact) mass is 486 g/mol. The van der Waals surface area contributed by atoms with Gasteiger partial charge in [0.05, 0.1) is 30.2 Å². The lowest BCUT2D eigenvalue weighted by atomic mass is 9.74. The average molecular weight is 487 g/mol. The minimum Gasteiger partial charge on any atom is -0.350 e. The van der Waals surface area contributed by atoms with Crippen LogP contribution in [0.15, 0.2) is 4.99 Å². The van der Waals surface area contributed by atoms with Gasteiger partial charge in [-0.25, -0.2) is 0 Å². The van der Waals surface area contributed by atoms with Gasteiger partial charge >= 0.3 is 0 Å². The summed E-state index contributed by atoms with van der Waals surface area (Å²) < 4.78 is 0. The number of nitrogens with two attached hydrogens (primary N) is 2. The normalized spacial score (nSPS) is 38.6. The molecule has 9 nitrogen and oxygen atoms in total. The molecule has 1 amide bonds. The molecule has 0 bridgehead atoms. The second-order valence-corrected chi connectivity index (χ2v) is 11.4. The number of carbonyl (C=O) groups is 1. The first kappa shape index (κ1) is 26.5. The van der Waals surface area contributed by atoms with Crippen LogP contribution in [-0.2, 0) is 4.79 Å². The van der Waals surface area contributed by atoms with Gasteiger partial charge in [-0.1, -0.05) is 13.8 Å². The van der Waals surface area contributed by atoms with Gasteiger partial charge in [0.15, 0.2) is 0 Å². The Hall–Kier alpha value is -1.57. The summed E-state index contributed by atoms with van der Waals surface area (Å²) in [7, 11) is 0. The third-order valence-electron chi connectivity index (χ3n) is 9.65. The predicted octanol–water partition coefficient (Wildman–Crippen LogP) is 0.558. The summed E-state index contributed by atoms with van der Waals surface area (Å²) in [5, 5.41) is 19.6. The highest BCUT2D eigenvalue weighted by Crippen LogP contribution is 2.73. The van der Waals surface area contributed by atoms with E-state index in [1.165, 1.54) is 0 Å². The molecule has 35 heavy (non-hydrogen) atoms. The standard InChI is InChI=1S/C26H46N8O/c1-3-25-13-18(5-7-27)15-32-19(14-26(25,4-2)17-25)22(23(28)29)24(35)33-20-16-31-8-6-21(20)34-11-9-30-10-12-34/h15,18-23,30-31H,3-6,8-14,16-17,28-29H2,1-2H3,(H,33,35).